The second kappa shape index (κ2) is 7.32. The number of benzene rings is 1. The summed E-state index contributed by atoms with van der Waals surface area (Å²) in [5.41, 5.74) is 6.76. The Hall–Kier alpha value is -1.92. The van der Waals surface area contributed by atoms with Gasteiger partial charge in [0.25, 0.3) is 5.91 Å². The van der Waals surface area contributed by atoms with Crippen LogP contribution in [0.15, 0.2) is 24.3 Å². The van der Waals surface area contributed by atoms with Crippen molar-refractivity contribution in [3.8, 4) is 0 Å². The van der Waals surface area contributed by atoms with Crippen molar-refractivity contribution in [1.82, 2.24) is 9.80 Å². The van der Waals surface area contributed by atoms with E-state index in [-0.39, 0.29) is 12.0 Å². The summed E-state index contributed by atoms with van der Waals surface area (Å²) in [6.07, 6.45) is 1.73. The zero-order valence-corrected chi connectivity index (χ0v) is 14.1. The number of ether oxygens (including phenoxy) is 1. The molecule has 3 rings (SSSR count). The molecule has 1 aliphatic carbocycles. The van der Waals surface area contributed by atoms with Gasteiger partial charge in [-0.2, -0.15) is 0 Å². The maximum atomic E-state index is 12.9. The van der Waals surface area contributed by atoms with Gasteiger partial charge in [0.15, 0.2) is 0 Å². The van der Waals surface area contributed by atoms with Crippen molar-refractivity contribution in [2.24, 2.45) is 5.73 Å². The van der Waals surface area contributed by atoms with Crippen molar-refractivity contribution in [2.75, 3.05) is 26.2 Å². The second-order valence-electron chi connectivity index (χ2n) is 6.51. The van der Waals surface area contributed by atoms with Gasteiger partial charge in [-0.3, -0.25) is 14.5 Å². The summed E-state index contributed by atoms with van der Waals surface area (Å²) in [5, 5.41) is 0. The van der Waals surface area contributed by atoms with Crippen LogP contribution in [0.25, 0.3) is 0 Å². The fourth-order valence-corrected chi connectivity index (χ4v) is 3.07. The third-order valence-electron chi connectivity index (χ3n) is 4.74. The van der Waals surface area contributed by atoms with E-state index in [9.17, 15) is 9.59 Å². The number of nitrogens with two attached hydrogens (primary N) is 1. The van der Waals surface area contributed by atoms with Crippen LogP contribution in [0.1, 0.15) is 35.7 Å². The quantitative estimate of drug-likeness (QED) is 0.844. The second-order valence-corrected chi connectivity index (χ2v) is 6.51. The molecule has 2 aliphatic rings. The number of nitrogens with zero attached hydrogens (tertiary/aromatic N) is 2. The molecule has 0 radical (unpaired) electrons. The Labute approximate surface area is 142 Å². The monoisotopic (exact) mass is 331 g/mol. The van der Waals surface area contributed by atoms with Crippen LogP contribution in [-0.2, 0) is 16.1 Å². The molecule has 6 nitrogen and oxygen atoms in total. The number of morpholine rings is 1. The number of amides is 2. The van der Waals surface area contributed by atoms with Gasteiger partial charge in [0.05, 0.1) is 6.61 Å². The summed E-state index contributed by atoms with van der Waals surface area (Å²) in [7, 11) is 0. The van der Waals surface area contributed by atoms with Gasteiger partial charge in [0.2, 0.25) is 5.91 Å². The van der Waals surface area contributed by atoms with Crippen molar-refractivity contribution in [2.45, 2.75) is 38.5 Å². The summed E-state index contributed by atoms with van der Waals surface area (Å²) in [6.45, 7) is 5.75. The molecule has 130 valence electrons. The van der Waals surface area contributed by atoms with Gasteiger partial charge in [0, 0.05) is 31.2 Å². The fourth-order valence-electron chi connectivity index (χ4n) is 3.07. The maximum absolute atomic E-state index is 12.9. The van der Waals surface area contributed by atoms with Crippen LogP contribution in [0.2, 0.25) is 0 Å². The van der Waals surface area contributed by atoms with Crippen molar-refractivity contribution in [3.05, 3.63) is 35.4 Å². The highest BCUT2D eigenvalue weighted by Gasteiger charge is 2.37. The number of carbonyl (C=O) groups is 2. The van der Waals surface area contributed by atoms with Crippen molar-refractivity contribution in [1.29, 1.82) is 0 Å². The SMILES string of the molecule is CCN1CCOC(C(=O)N(Cc2ccc(C(N)=O)cc2)C2CC2)C1. The lowest BCUT2D eigenvalue weighted by Gasteiger charge is -2.34. The molecule has 1 aliphatic heterocycles. The molecule has 6 heteroatoms. The fraction of sp³-hybridized carbons (Fsp3) is 0.556. The standard InChI is InChI=1S/C18H25N3O3/c1-2-20-9-10-24-16(12-20)18(23)21(15-7-8-15)11-13-3-5-14(6-4-13)17(19)22/h3-6,15-16H,2,7-12H2,1H3,(H2,19,22). The molecule has 0 bridgehead atoms. The van der Waals surface area contributed by atoms with Crippen molar-refractivity contribution >= 4 is 11.8 Å². The first-order valence-corrected chi connectivity index (χ1v) is 8.61. The number of hydrogen-bond acceptors (Lipinski definition) is 4. The van der Waals surface area contributed by atoms with E-state index in [1.165, 1.54) is 0 Å². The third kappa shape index (κ3) is 3.94. The first kappa shape index (κ1) is 16.9. The molecular weight excluding hydrogens is 306 g/mol. The molecule has 24 heavy (non-hydrogen) atoms. The largest absolute Gasteiger partial charge is 0.366 e. The highest BCUT2D eigenvalue weighted by molar-refractivity contribution is 5.92. The zero-order chi connectivity index (χ0) is 17.1. The number of rotatable bonds is 6. The summed E-state index contributed by atoms with van der Waals surface area (Å²) < 4.78 is 5.72. The van der Waals surface area contributed by atoms with Crippen LogP contribution in [0.3, 0.4) is 0 Å². The molecule has 1 aromatic rings. The molecule has 1 saturated carbocycles. The molecule has 0 aromatic heterocycles. The molecule has 1 unspecified atom stereocenters. The minimum Gasteiger partial charge on any atom is -0.366 e. The lowest BCUT2D eigenvalue weighted by molar-refractivity contribution is -0.150. The van der Waals surface area contributed by atoms with Gasteiger partial charge < -0.3 is 15.4 Å². The van der Waals surface area contributed by atoms with Gasteiger partial charge in [-0.15, -0.1) is 0 Å². The molecular formula is C18H25N3O3. The lowest BCUT2D eigenvalue weighted by Crippen LogP contribution is -2.51. The number of hydrogen-bond donors (Lipinski definition) is 1. The average molecular weight is 331 g/mol. The molecule has 2 N–H and O–H groups in total. The number of likely N-dealkylation sites (N-methyl/N-ethyl adjacent to an activating group) is 1. The highest BCUT2D eigenvalue weighted by atomic mass is 16.5. The van der Waals surface area contributed by atoms with Gasteiger partial charge in [0.1, 0.15) is 6.10 Å². The van der Waals surface area contributed by atoms with E-state index in [0.717, 1.165) is 31.5 Å². The van der Waals surface area contributed by atoms with Crippen LogP contribution < -0.4 is 5.73 Å². The molecule has 2 fully saturated rings. The normalized spacial score (nSPS) is 21.5. The molecule has 2 amide bonds. The van der Waals surface area contributed by atoms with E-state index in [2.05, 4.69) is 11.8 Å². The predicted molar refractivity (Wildman–Crippen MR) is 90.4 cm³/mol. The van der Waals surface area contributed by atoms with Gasteiger partial charge in [-0.1, -0.05) is 19.1 Å². The third-order valence-corrected chi connectivity index (χ3v) is 4.74. The Kier molecular flexibility index (Phi) is 5.16. The molecule has 1 heterocycles. The first-order valence-electron chi connectivity index (χ1n) is 8.61. The van der Waals surface area contributed by atoms with Crippen molar-refractivity contribution in [3.63, 3.8) is 0 Å². The van der Waals surface area contributed by atoms with E-state index < -0.39 is 5.91 Å². The average Bonchev–Trinajstić information content (AvgIpc) is 3.44. The van der Waals surface area contributed by atoms with Crippen LogP contribution in [-0.4, -0.2) is 60.0 Å². The summed E-state index contributed by atoms with van der Waals surface area (Å²) in [5.74, 6) is -0.360. The van der Waals surface area contributed by atoms with E-state index in [0.29, 0.717) is 31.3 Å². The minimum atomic E-state index is -0.438. The van der Waals surface area contributed by atoms with Crippen molar-refractivity contribution < 1.29 is 14.3 Å². The highest BCUT2D eigenvalue weighted by Crippen LogP contribution is 2.29. The smallest absolute Gasteiger partial charge is 0.253 e. The Morgan fingerprint density at radius 2 is 2.00 bits per heavy atom. The Morgan fingerprint density at radius 1 is 1.29 bits per heavy atom. The van der Waals surface area contributed by atoms with E-state index in [1.54, 1.807) is 12.1 Å². The Morgan fingerprint density at radius 3 is 2.58 bits per heavy atom. The molecule has 1 aromatic carbocycles. The van der Waals surface area contributed by atoms with E-state index in [1.807, 2.05) is 17.0 Å². The topological polar surface area (TPSA) is 75.9 Å². The minimum absolute atomic E-state index is 0.0784. The predicted octanol–water partition coefficient (Wildman–Crippen LogP) is 0.997. The number of carbonyl (C=O) groups excluding carboxylic acids is 2. The zero-order valence-electron chi connectivity index (χ0n) is 14.1. The van der Waals surface area contributed by atoms with Gasteiger partial charge in [-0.25, -0.2) is 0 Å². The Balaban J connectivity index is 1.68. The molecule has 1 saturated heterocycles. The van der Waals surface area contributed by atoms with E-state index >= 15 is 0 Å². The summed E-state index contributed by atoms with van der Waals surface area (Å²) >= 11 is 0. The van der Waals surface area contributed by atoms with Gasteiger partial charge >= 0.3 is 0 Å². The van der Waals surface area contributed by atoms with E-state index in [4.69, 9.17) is 10.5 Å². The van der Waals surface area contributed by atoms with Crippen LogP contribution in [0.5, 0.6) is 0 Å². The Bertz CT molecular complexity index is 598. The van der Waals surface area contributed by atoms with Crippen LogP contribution >= 0.6 is 0 Å². The molecule has 0 spiro atoms. The lowest BCUT2D eigenvalue weighted by atomic mass is 10.1. The molecule has 1 atom stereocenters. The summed E-state index contributed by atoms with van der Waals surface area (Å²) in [6, 6.07) is 7.46. The maximum Gasteiger partial charge on any atom is 0.253 e. The first-order chi connectivity index (χ1) is 11.6. The summed E-state index contributed by atoms with van der Waals surface area (Å²) in [4.78, 5) is 28.3. The number of primary amides is 1. The van der Waals surface area contributed by atoms with Gasteiger partial charge in [-0.05, 0) is 37.1 Å². The van der Waals surface area contributed by atoms with Crippen LogP contribution in [0, 0.1) is 0 Å². The van der Waals surface area contributed by atoms with Crippen LogP contribution in [0.4, 0.5) is 0 Å².